The lowest BCUT2D eigenvalue weighted by Gasteiger charge is -2.34. The van der Waals surface area contributed by atoms with Crippen molar-refractivity contribution in [1.29, 1.82) is 0 Å². The molecule has 1 aliphatic rings. The predicted octanol–water partition coefficient (Wildman–Crippen LogP) is 3.86. The fourth-order valence-electron chi connectivity index (χ4n) is 3.24. The number of hydrogen-bond donors (Lipinski definition) is 0. The highest BCUT2D eigenvalue weighted by Crippen LogP contribution is 2.18. The molecule has 134 valence electrons. The van der Waals surface area contributed by atoms with Gasteiger partial charge in [0.1, 0.15) is 5.82 Å². The second kappa shape index (κ2) is 8.59. The molecule has 2 aromatic rings. The Morgan fingerprint density at radius 2 is 1.96 bits per heavy atom. The lowest BCUT2D eigenvalue weighted by Crippen LogP contribution is -2.48. The lowest BCUT2D eigenvalue weighted by atomic mass is 10.1. The zero-order valence-corrected chi connectivity index (χ0v) is 15.5. The van der Waals surface area contributed by atoms with Crippen molar-refractivity contribution in [3.63, 3.8) is 0 Å². The number of thiophene rings is 1. The van der Waals surface area contributed by atoms with Crippen LogP contribution in [0.1, 0.15) is 28.2 Å². The zero-order valence-electron chi connectivity index (χ0n) is 14.7. The van der Waals surface area contributed by atoms with E-state index in [1.807, 2.05) is 22.3 Å². The van der Waals surface area contributed by atoms with Crippen LogP contribution in [-0.4, -0.2) is 41.9 Å². The van der Waals surface area contributed by atoms with Gasteiger partial charge in [0.25, 0.3) is 0 Å². The molecule has 0 aliphatic carbocycles. The Morgan fingerprint density at radius 3 is 2.64 bits per heavy atom. The van der Waals surface area contributed by atoms with Crippen molar-refractivity contribution < 1.29 is 9.18 Å². The third-order valence-corrected chi connectivity index (χ3v) is 5.69. The van der Waals surface area contributed by atoms with Gasteiger partial charge in [0, 0.05) is 48.9 Å². The molecular weight excluding hydrogens is 335 g/mol. The first-order chi connectivity index (χ1) is 12.1. The van der Waals surface area contributed by atoms with Gasteiger partial charge in [0.15, 0.2) is 0 Å². The molecule has 1 amide bonds. The summed E-state index contributed by atoms with van der Waals surface area (Å²) in [7, 11) is 0. The highest BCUT2D eigenvalue weighted by molar-refractivity contribution is 7.11. The Kier molecular flexibility index (Phi) is 6.21. The average molecular weight is 360 g/mol. The number of carbonyl (C=O) groups excluding carboxylic acids is 1. The summed E-state index contributed by atoms with van der Waals surface area (Å²) < 4.78 is 13.3. The van der Waals surface area contributed by atoms with Gasteiger partial charge in [-0.1, -0.05) is 12.1 Å². The van der Waals surface area contributed by atoms with Gasteiger partial charge < -0.3 is 4.90 Å². The minimum absolute atomic E-state index is 0.188. The molecule has 0 saturated carbocycles. The molecule has 0 bridgehead atoms. The third kappa shape index (κ3) is 5.38. The quantitative estimate of drug-likeness (QED) is 0.781. The number of rotatable bonds is 6. The van der Waals surface area contributed by atoms with E-state index < -0.39 is 0 Å². The van der Waals surface area contributed by atoms with Crippen LogP contribution in [0.3, 0.4) is 0 Å². The van der Waals surface area contributed by atoms with E-state index in [1.54, 1.807) is 12.1 Å². The number of halogens is 1. The molecular formula is C20H25FN2OS. The summed E-state index contributed by atoms with van der Waals surface area (Å²) in [6, 6.07) is 11.1. The normalized spacial score (nSPS) is 15.5. The molecule has 1 aromatic carbocycles. The minimum atomic E-state index is -0.188. The summed E-state index contributed by atoms with van der Waals surface area (Å²) in [4.78, 5) is 19.3. The summed E-state index contributed by atoms with van der Waals surface area (Å²) in [6.45, 7) is 6.11. The maximum atomic E-state index is 13.3. The molecule has 0 unspecified atom stereocenters. The Bertz CT molecular complexity index is 707. The number of piperazine rings is 1. The predicted molar refractivity (Wildman–Crippen MR) is 100 cm³/mol. The van der Waals surface area contributed by atoms with E-state index in [9.17, 15) is 9.18 Å². The molecule has 2 heterocycles. The van der Waals surface area contributed by atoms with E-state index in [4.69, 9.17) is 0 Å². The Hall–Kier alpha value is -1.72. The zero-order chi connectivity index (χ0) is 17.6. The fraction of sp³-hybridized carbons (Fsp3) is 0.450. The monoisotopic (exact) mass is 360 g/mol. The SMILES string of the molecule is Cc1ccc(CCCC(=O)N2CCN(Cc3cccc(F)c3)CC2)s1. The van der Waals surface area contributed by atoms with Crippen molar-refractivity contribution in [2.45, 2.75) is 32.7 Å². The third-order valence-electron chi connectivity index (χ3n) is 4.63. The molecule has 0 atom stereocenters. The Labute approximate surface area is 153 Å². The summed E-state index contributed by atoms with van der Waals surface area (Å²) in [6.07, 6.45) is 2.53. The van der Waals surface area contributed by atoms with Crippen molar-refractivity contribution in [2.24, 2.45) is 0 Å². The summed E-state index contributed by atoms with van der Waals surface area (Å²) >= 11 is 1.82. The van der Waals surface area contributed by atoms with E-state index in [1.165, 1.54) is 15.8 Å². The van der Waals surface area contributed by atoms with Crippen LogP contribution in [-0.2, 0) is 17.8 Å². The first-order valence-corrected chi connectivity index (χ1v) is 9.72. The molecule has 0 N–H and O–H groups in total. The van der Waals surface area contributed by atoms with Crippen LogP contribution in [0.25, 0.3) is 0 Å². The van der Waals surface area contributed by atoms with Gasteiger partial charge in [-0.3, -0.25) is 9.69 Å². The van der Waals surface area contributed by atoms with Crippen LogP contribution in [0, 0.1) is 12.7 Å². The van der Waals surface area contributed by atoms with Crippen LogP contribution in [0.2, 0.25) is 0 Å². The van der Waals surface area contributed by atoms with Gasteiger partial charge in [-0.2, -0.15) is 0 Å². The topological polar surface area (TPSA) is 23.6 Å². The lowest BCUT2D eigenvalue weighted by molar-refractivity contribution is -0.133. The van der Waals surface area contributed by atoms with Gasteiger partial charge >= 0.3 is 0 Å². The molecule has 1 saturated heterocycles. The summed E-state index contributed by atoms with van der Waals surface area (Å²) in [5.74, 6) is 0.0749. The number of nitrogens with zero attached hydrogens (tertiary/aromatic N) is 2. The highest BCUT2D eigenvalue weighted by atomic mass is 32.1. The standard InChI is InChI=1S/C20H25FN2OS/c1-16-8-9-19(25-16)6-3-7-20(24)23-12-10-22(11-13-23)15-17-4-2-5-18(21)14-17/h2,4-5,8-9,14H,3,6-7,10-13,15H2,1H3. The molecule has 0 spiro atoms. The average Bonchev–Trinajstić information content (AvgIpc) is 3.01. The van der Waals surface area contributed by atoms with Crippen LogP contribution in [0.4, 0.5) is 4.39 Å². The van der Waals surface area contributed by atoms with E-state index >= 15 is 0 Å². The Morgan fingerprint density at radius 1 is 1.16 bits per heavy atom. The molecule has 1 aromatic heterocycles. The van der Waals surface area contributed by atoms with Crippen LogP contribution < -0.4 is 0 Å². The van der Waals surface area contributed by atoms with Crippen molar-refractivity contribution >= 4 is 17.2 Å². The van der Waals surface area contributed by atoms with Crippen LogP contribution in [0.5, 0.6) is 0 Å². The highest BCUT2D eigenvalue weighted by Gasteiger charge is 2.20. The molecule has 5 heteroatoms. The first-order valence-electron chi connectivity index (χ1n) is 8.90. The molecule has 3 nitrogen and oxygen atoms in total. The molecule has 0 radical (unpaired) electrons. The summed E-state index contributed by atoms with van der Waals surface area (Å²) in [5, 5.41) is 0. The van der Waals surface area contributed by atoms with Crippen molar-refractivity contribution in [3.8, 4) is 0 Å². The maximum Gasteiger partial charge on any atom is 0.222 e. The van der Waals surface area contributed by atoms with Gasteiger partial charge in [0.05, 0.1) is 0 Å². The van der Waals surface area contributed by atoms with Gasteiger partial charge in [0.2, 0.25) is 5.91 Å². The maximum absolute atomic E-state index is 13.3. The second-order valence-electron chi connectivity index (χ2n) is 6.65. The number of aryl methyl sites for hydroxylation is 2. The molecule has 25 heavy (non-hydrogen) atoms. The molecule has 1 aliphatic heterocycles. The van der Waals surface area contributed by atoms with Crippen LogP contribution >= 0.6 is 11.3 Å². The van der Waals surface area contributed by atoms with Gasteiger partial charge in [-0.25, -0.2) is 4.39 Å². The minimum Gasteiger partial charge on any atom is -0.340 e. The Balaban J connectivity index is 1.38. The van der Waals surface area contributed by atoms with Crippen LogP contribution in [0.15, 0.2) is 36.4 Å². The number of benzene rings is 1. The number of carbonyl (C=O) groups is 1. The second-order valence-corrected chi connectivity index (χ2v) is 8.03. The molecule has 3 rings (SSSR count). The van der Waals surface area contributed by atoms with E-state index in [0.29, 0.717) is 6.42 Å². The van der Waals surface area contributed by atoms with E-state index in [2.05, 4.69) is 24.0 Å². The molecule has 1 fully saturated rings. The van der Waals surface area contributed by atoms with Crippen molar-refractivity contribution in [1.82, 2.24) is 9.80 Å². The fourth-order valence-corrected chi connectivity index (χ4v) is 4.17. The smallest absolute Gasteiger partial charge is 0.222 e. The van der Waals surface area contributed by atoms with E-state index in [-0.39, 0.29) is 11.7 Å². The number of hydrogen-bond acceptors (Lipinski definition) is 3. The summed E-state index contributed by atoms with van der Waals surface area (Å²) in [5.41, 5.74) is 0.992. The van der Waals surface area contributed by atoms with E-state index in [0.717, 1.165) is 51.1 Å². The van der Waals surface area contributed by atoms with Gasteiger partial charge in [-0.15, -0.1) is 11.3 Å². The van der Waals surface area contributed by atoms with Gasteiger partial charge in [-0.05, 0) is 49.6 Å². The van der Waals surface area contributed by atoms with Crippen molar-refractivity contribution in [2.75, 3.05) is 26.2 Å². The number of amides is 1. The first kappa shape index (κ1) is 18.1. The van der Waals surface area contributed by atoms with Crippen molar-refractivity contribution in [3.05, 3.63) is 57.5 Å². The largest absolute Gasteiger partial charge is 0.340 e.